The summed E-state index contributed by atoms with van der Waals surface area (Å²) in [5.41, 5.74) is 4.72. The molecule has 0 saturated heterocycles. The van der Waals surface area contributed by atoms with E-state index >= 15 is 0 Å². The number of carbonyl (C=O) groups excluding carboxylic acids is 1. The predicted molar refractivity (Wildman–Crippen MR) is 70.4 cm³/mol. The number of benzene rings is 1. The third-order valence-electron chi connectivity index (χ3n) is 3.56. The van der Waals surface area contributed by atoms with Crippen molar-refractivity contribution < 1.29 is 13.6 Å². The van der Waals surface area contributed by atoms with Gasteiger partial charge in [0.2, 0.25) is 5.91 Å². The summed E-state index contributed by atoms with van der Waals surface area (Å²) in [4.78, 5) is 12.1. The van der Waals surface area contributed by atoms with Crippen LogP contribution in [0.5, 0.6) is 0 Å². The largest absolute Gasteiger partial charge is 0.349 e. The molecule has 1 aromatic carbocycles. The van der Waals surface area contributed by atoms with Crippen LogP contribution in [0.3, 0.4) is 0 Å². The number of carbonyl (C=O) groups is 1. The first kappa shape index (κ1) is 15.6. The van der Waals surface area contributed by atoms with Gasteiger partial charge in [-0.2, -0.15) is 0 Å². The Bertz CT molecular complexity index is 439. The lowest BCUT2D eigenvalue weighted by Gasteiger charge is -2.27. The van der Waals surface area contributed by atoms with Gasteiger partial charge in [0.15, 0.2) is 0 Å². The molecule has 0 aliphatic carbocycles. The maximum absolute atomic E-state index is 13.6. The van der Waals surface area contributed by atoms with Gasteiger partial charge in [0.1, 0.15) is 11.6 Å². The number of hydrogen-bond acceptors (Lipinski definition) is 2. The summed E-state index contributed by atoms with van der Waals surface area (Å²) in [6, 6.07) is 2.89. The topological polar surface area (TPSA) is 55.1 Å². The van der Waals surface area contributed by atoms with E-state index in [9.17, 15) is 13.6 Å². The Balaban J connectivity index is 2.92. The van der Waals surface area contributed by atoms with Crippen LogP contribution >= 0.6 is 0 Å². The van der Waals surface area contributed by atoms with Crippen LogP contribution in [0.2, 0.25) is 0 Å². The highest BCUT2D eigenvalue weighted by Gasteiger charge is 2.31. The first-order chi connectivity index (χ1) is 8.85. The Kier molecular flexibility index (Phi) is 5.00. The number of hydrogen-bond donors (Lipinski definition) is 2. The summed E-state index contributed by atoms with van der Waals surface area (Å²) in [7, 11) is 0. The number of nitrogens with one attached hydrogen (secondary N) is 1. The van der Waals surface area contributed by atoms with Crippen LogP contribution in [0, 0.1) is 17.0 Å². The van der Waals surface area contributed by atoms with Crippen LogP contribution in [0.15, 0.2) is 18.2 Å². The summed E-state index contributed by atoms with van der Waals surface area (Å²) in [5, 5.41) is 2.62. The summed E-state index contributed by atoms with van der Waals surface area (Å²) in [6.45, 7) is 5.31. The summed E-state index contributed by atoms with van der Waals surface area (Å²) in [6.07, 6.45) is 0.557. The molecule has 0 aliphatic rings. The van der Waals surface area contributed by atoms with Gasteiger partial charge < -0.3 is 11.1 Å². The predicted octanol–water partition coefficient (Wildman–Crippen LogP) is 2.52. The van der Waals surface area contributed by atoms with E-state index in [0.717, 1.165) is 0 Å². The molecule has 0 aromatic heterocycles. The Labute approximate surface area is 112 Å². The average molecular weight is 270 g/mol. The minimum absolute atomic E-state index is 0.133. The molecule has 0 bridgehead atoms. The molecule has 3 nitrogen and oxygen atoms in total. The molecule has 1 aromatic rings. The van der Waals surface area contributed by atoms with Crippen molar-refractivity contribution in [2.45, 2.75) is 33.2 Å². The standard InChI is InChI=1S/C14H20F2N2O/c1-4-14(3,8-17)13(19)18-9(2)12-10(15)6-5-7-11(12)16/h5-7,9H,4,8,17H2,1-3H3,(H,18,19). The highest BCUT2D eigenvalue weighted by atomic mass is 19.1. The van der Waals surface area contributed by atoms with Crippen molar-refractivity contribution in [1.82, 2.24) is 5.32 Å². The van der Waals surface area contributed by atoms with E-state index in [1.165, 1.54) is 18.2 Å². The molecule has 1 amide bonds. The van der Waals surface area contributed by atoms with E-state index in [1.54, 1.807) is 13.8 Å². The SMILES string of the molecule is CCC(C)(CN)C(=O)NC(C)c1c(F)cccc1F. The van der Waals surface area contributed by atoms with Gasteiger partial charge >= 0.3 is 0 Å². The lowest BCUT2D eigenvalue weighted by atomic mass is 9.86. The average Bonchev–Trinajstić information content (AvgIpc) is 2.37. The second-order valence-corrected chi connectivity index (χ2v) is 4.95. The number of amides is 1. The van der Waals surface area contributed by atoms with Crippen molar-refractivity contribution in [3.63, 3.8) is 0 Å². The molecule has 0 fully saturated rings. The smallest absolute Gasteiger partial charge is 0.227 e. The van der Waals surface area contributed by atoms with E-state index < -0.39 is 23.1 Å². The third-order valence-corrected chi connectivity index (χ3v) is 3.56. The monoisotopic (exact) mass is 270 g/mol. The molecule has 0 radical (unpaired) electrons. The Hall–Kier alpha value is -1.49. The van der Waals surface area contributed by atoms with Crippen LogP contribution in [-0.2, 0) is 4.79 Å². The lowest BCUT2D eigenvalue weighted by molar-refractivity contribution is -0.130. The van der Waals surface area contributed by atoms with Gasteiger partial charge in [-0.25, -0.2) is 8.78 Å². The van der Waals surface area contributed by atoms with Crippen molar-refractivity contribution in [3.05, 3.63) is 35.4 Å². The molecule has 5 heteroatoms. The fraction of sp³-hybridized carbons (Fsp3) is 0.500. The molecular weight excluding hydrogens is 250 g/mol. The summed E-state index contributed by atoms with van der Waals surface area (Å²) < 4.78 is 27.2. The van der Waals surface area contributed by atoms with Gasteiger partial charge in [0.05, 0.1) is 11.5 Å². The third kappa shape index (κ3) is 3.29. The molecular formula is C14H20F2N2O. The van der Waals surface area contributed by atoms with Crippen LogP contribution in [0.4, 0.5) is 8.78 Å². The number of nitrogens with two attached hydrogens (primary N) is 1. The van der Waals surface area contributed by atoms with Crippen molar-refractivity contribution in [1.29, 1.82) is 0 Å². The summed E-state index contributed by atoms with van der Waals surface area (Å²) >= 11 is 0. The van der Waals surface area contributed by atoms with E-state index in [1.807, 2.05) is 6.92 Å². The van der Waals surface area contributed by atoms with Crippen LogP contribution in [0.25, 0.3) is 0 Å². The van der Waals surface area contributed by atoms with Gasteiger partial charge in [-0.15, -0.1) is 0 Å². The molecule has 3 N–H and O–H groups in total. The fourth-order valence-corrected chi connectivity index (χ4v) is 1.77. The highest BCUT2D eigenvalue weighted by molar-refractivity contribution is 5.82. The normalized spacial score (nSPS) is 15.7. The minimum atomic E-state index is -0.744. The van der Waals surface area contributed by atoms with E-state index in [0.29, 0.717) is 6.42 Å². The van der Waals surface area contributed by atoms with Gasteiger partial charge in [-0.3, -0.25) is 4.79 Å². The van der Waals surface area contributed by atoms with Crippen LogP contribution < -0.4 is 11.1 Å². The molecule has 0 spiro atoms. The van der Waals surface area contributed by atoms with Crippen molar-refractivity contribution >= 4 is 5.91 Å². The molecule has 2 unspecified atom stereocenters. The molecule has 0 heterocycles. The number of rotatable bonds is 5. The van der Waals surface area contributed by atoms with E-state index in [4.69, 9.17) is 5.73 Å². The number of halogens is 2. The zero-order chi connectivity index (χ0) is 14.6. The van der Waals surface area contributed by atoms with Crippen LogP contribution in [-0.4, -0.2) is 12.5 Å². The van der Waals surface area contributed by atoms with Gasteiger partial charge in [-0.05, 0) is 32.4 Å². The molecule has 0 aliphatic heterocycles. The maximum atomic E-state index is 13.6. The molecule has 106 valence electrons. The second-order valence-electron chi connectivity index (χ2n) is 4.95. The van der Waals surface area contributed by atoms with Gasteiger partial charge in [0, 0.05) is 12.1 Å². The molecule has 19 heavy (non-hydrogen) atoms. The molecule has 1 rings (SSSR count). The van der Waals surface area contributed by atoms with Gasteiger partial charge in [0.25, 0.3) is 0 Å². The van der Waals surface area contributed by atoms with E-state index in [-0.39, 0.29) is 18.0 Å². The van der Waals surface area contributed by atoms with Gasteiger partial charge in [-0.1, -0.05) is 13.0 Å². The van der Waals surface area contributed by atoms with E-state index in [2.05, 4.69) is 5.32 Å². The maximum Gasteiger partial charge on any atom is 0.227 e. The van der Waals surface area contributed by atoms with Crippen molar-refractivity contribution in [2.75, 3.05) is 6.54 Å². The Morgan fingerprint density at radius 1 is 1.42 bits per heavy atom. The molecule has 0 saturated carbocycles. The molecule has 2 atom stereocenters. The summed E-state index contributed by atoms with van der Waals surface area (Å²) in [5.74, 6) is -1.63. The lowest BCUT2D eigenvalue weighted by Crippen LogP contribution is -2.44. The Morgan fingerprint density at radius 2 is 1.95 bits per heavy atom. The first-order valence-electron chi connectivity index (χ1n) is 6.30. The van der Waals surface area contributed by atoms with Crippen molar-refractivity contribution in [2.24, 2.45) is 11.1 Å². The quantitative estimate of drug-likeness (QED) is 0.863. The fourth-order valence-electron chi connectivity index (χ4n) is 1.77. The minimum Gasteiger partial charge on any atom is -0.349 e. The first-order valence-corrected chi connectivity index (χ1v) is 6.30. The van der Waals surface area contributed by atoms with Crippen LogP contribution in [0.1, 0.15) is 38.8 Å². The Morgan fingerprint density at radius 3 is 2.37 bits per heavy atom. The second kappa shape index (κ2) is 6.10. The zero-order valence-electron chi connectivity index (χ0n) is 11.5. The highest BCUT2D eigenvalue weighted by Crippen LogP contribution is 2.24. The zero-order valence-corrected chi connectivity index (χ0v) is 11.5. The van der Waals surface area contributed by atoms with Crippen molar-refractivity contribution in [3.8, 4) is 0 Å².